The molecule has 1 aromatic carbocycles. The quantitative estimate of drug-likeness (QED) is 0.687. The van der Waals surface area contributed by atoms with Gasteiger partial charge >= 0.3 is 6.03 Å². The topological polar surface area (TPSA) is 70.6 Å². The number of aliphatic hydroxyl groups is 1. The number of benzene rings is 1. The van der Waals surface area contributed by atoms with Crippen LogP contribution in [0.5, 0.6) is 0 Å². The average Bonchev–Trinajstić information content (AvgIpc) is 2.47. The summed E-state index contributed by atoms with van der Waals surface area (Å²) in [6.07, 6.45) is 0.153. The summed E-state index contributed by atoms with van der Waals surface area (Å²) in [6, 6.07) is 9.25. The average molecular weight is 294 g/mol. The summed E-state index contributed by atoms with van der Waals surface area (Å²) >= 11 is 0. The van der Waals surface area contributed by atoms with E-state index >= 15 is 0 Å². The molecule has 5 heteroatoms. The molecular formula is C16H26N2O3. The molecule has 0 spiro atoms. The largest absolute Gasteiger partial charge is 0.393 e. The van der Waals surface area contributed by atoms with Gasteiger partial charge in [0.25, 0.3) is 0 Å². The van der Waals surface area contributed by atoms with Gasteiger partial charge in [-0.25, -0.2) is 4.79 Å². The fourth-order valence-corrected chi connectivity index (χ4v) is 1.95. The number of aliphatic hydroxyl groups excluding tert-OH is 1. The van der Waals surface area contributed by atoms with Gasteiger partial charge in [-0.15, -0.1) is 0 Å². The number of hydrogen-bond acceptors (Lipinski definition) is 3. The minimum Gasteiger partial charge on any atom is -0.393 e. The lowest BCUT2D eigenvalue weighted by Crippen LogP contribution is -2.40. The number of rotatable bonds is 8. The van der Waals surface area contributed by atoms with Crippen LogP contribution in [0.25, 0.3) is 0 Å². The molecular weight excluding hydrogens is 268 g/mol. The van der Waals surface area contributed by atoms with Gasteiger partial charge in [0.15, 0.2) is 0 Å². The third kappa shape index (κ3) is 6.60. The van der Waals surface area contributed by atoms with Gasteiger partial charge in [-0.3, -0.25) is 0 Å². The Kier molecular flexibility index (Phi) is 7.79. The fourth-order valence-electron chi connectivity index (χ4n) is 1.95. The zero-order chi connectivity index (χ0) is 15.7. The summed E-state index contributed by atoms with van der Waals surface area (Å²) in [5.74, 6) is 0.195. The number of methoxy groups -OCH3 is 1. The number of nitrogens with one attached hydrogen (secondary N) is 2. The molecule has 0 aromatic heterocycles. The van der Waals surface area contributed by atoms with Crippen molar-refractivity contribution in [3.05, 3.63) is 35.9 Å². The highest BCUT2D eigenvalue weighted by atomic mass is 16.5. The third-order valence-corrected chi connectivity index (χ3v) is 3.34. The van der Waals surface area contributed by atoms with E-state index in [-0.39, 0.29) is 18.0 Å². The smallest absolute Gasteiger partial charge is 0.315 e. The first-order chi connectivity index (χ1) is 10.0. The molecule has 0 saturated carbocycles. The highest BCUT2D eigenvalue weighted by molar-refractivity contribution is 5.74. The van der Waals surface area contributed by atoms with Crippen LogP contribution in [-0.2, 0) is 4.74 Å². The number of carbonyl (C=O) groups is 1. The molecule has 3 N–H and O–H groups in total. The first-order valence-electron chi connectivity index (χ1n) is 7.31. The maximum atomic E-state index is 11.9. The van der Waals surface area contributed by atoms with Gasteiger partial charge in [0.1, 0.15) is 0 Å². The Morgan fingerprint density at radius 3 is 2.52 bits per heavy atom. The van der Waals surface area contributed by atoms with Crippen LogP contribution in [0, 0.1) is 5.92 Å². The van der Waals surface area contributed by atoms with Crippen LogP contribution >= 0.6 is 0 Å². The summed E-state index contributed by atoms with van der Waals surface area (Å²) < 4.78 is 5.15. The molecule has 2 atom stereocenters. The van der Waals surface area contributed by atoms with Crippen molar-refractivity contribution in [1.82, 2.24) is 10.6 Å². The van der Waals surface area contributed by atoms with Gasteiger partial charge < -0.3 is 20.5 Å². The molecule has 0 heterocycles. The molecule has 0 aliphatic heterocycles. The first kappa shape index (κ1) is 17.5. The Labute approximate surface area is 126 Å². The lowest BCUT2D eigenvalue weighted by atomic mass is 10.0. The van der Waals surface area contributed by atoms with Crippen molar-refractivity contribution in [3.8, 4) is 0 Å². The molecule has 2 unspecified atom stereocenters. The van der Waals surface area contributed by atoms with E-state index in [0.717, 1.165) is 5.56 Å². The number of ether oxygens (including phenoxy) is 1. The Balaban J connectivity index is 2.43. The van der Waals surface area contributed by atoms with E-state index in [1.165, 1.54) is 0 Å². The Hall–Kier alpha value is -1.59. The molecule has 21 heavy (non-hydrogen) atoms. The zero-order valence-electron chi connectivity index (χ0n) is 13.0. The van der Waals surface area contributed by atoms with Crippen molar-refractivity contribution in [1.29, 1.82) is 0 Å². The second-order valence-electron chi connectivity index (χ2n) is 5.42. The van der Waals surface area contributed by atoms with Crippen LogP contribution in [-0.4, -0.2) is 37.5 Å². The lowest BCUT2D eigenvalue weighted by molar-refractivity contribution is 0.116. The van der Waals surface area contributed by atoms with Crippen molar-refractivity contribution in [2.75, 3.05) is 20.3 Å². The number of hydrogen-bond donors (Lipinski definition) is 3. The van der Waals surface area contributed by atoms with E-state index < -0.39 is 6.10 Å². The highest BCUT2D eigenvalue weighted by Crippen LogP contribution is 2.12. The molecule has 0 saturated heterocycles. The van der Waals surface area contributed by atoms with E-state index in [1.54, 1.807) is 7.11 Å². The molecule has 5 nitrogen and oxygen atoms in total. The van der Waals surface area contributed by atoms with Gasteiger partial charge in [-0.05, 0) is 17.9 Å². The Morgan fingerprint density at radius 1 is 1.29 bits per heavy atom. The number of urea groups is 1. The molecule has 0 aliphatic rings. The molecule has 1 rings (SSSR count). The maximum Gasteiger partial charge on any atom is 0.315 e. The van der Waals surface area contributed by atoms with E-state index in [1.807, 2.05) is 44.2 Å². The van der Waals surface area contributed by atoms with E-state index in [9.17, 15) is 9.90 Å². The summed E-state index contributed by atoms with van der Waals surface area (Å²) in [6.45, 7) is 4.76. The molecule has 1 aromatic rings. The van der Waals surface area contributed by atoms with Crippen molar-refractivity contribution in [3.63, 3.8) is 0 Å². The van der Waals surface area contributed by atoms with Crippen LogP contribution in [0.1, 0.15) is 31.9 Å². The molecule has 0 bridgehead atoms. The van der Waals surface area contributed by atoms with Crippen molar-refractivity contribution in [2.24, 2.45) is 5.92 Å². The third-order valence-electron chi connectivity index (χ3n) is 3.34. The van der Waals surface area contributed by atoms with Gasteiger partial charge in [-0.1, -0.05) is 44.2 Å². The predicted octanol–water partition coefficient (Wildman–Crippen LogP) is 2.08. The summed E-state index contributed by atoms with van der Waals surface area (Å²) in [7, 11) is 1.61. The van der Waals surface area contributed by atoms with E-state index in [4.69, 9.17) is 4.74 Å². The molecule has 118 valence electrons. The van der Waals surface area contributed by atoms with E-state index in [0.29, 0.717) is 19.6 Å². The van der Waals surface area contributed by atoms with Gasteiger partial charge in [-0.2, -0.15) is 0 Å². The normalized spacial score (nSPS) is 13.8. The molecule has 2 amide bonds. The second-order valence-corrected chi connectivity index (χ2v) is 5.42. The Bertz CT molecular complexity index is 409. The van der Waals surface area contributed by atoms with Crippen LogP contribution in [0.3, 0.4) is 0 Å². The SMILES string of the molecule is COCC(NC(=O)NCCC(O)C(C)C)c1ccccc1. The van der Waals surface area contributed by atoms with Crippen molar-refractivity contribution in [2.45, 2.75) is 32.4 Å². The zero-order valence-corrected chi connectivity index (χ0v) is 13.0. The van der Waals surface area contributed by atoms with Crippen LogP contribution < -0.4 is 10.6 Å². The maximum absolute atomic E-state index is 11.9. The molecule has 0 aliphatic carbocycles. The van der Waals surface area contributed by atoms with Crippen molar-refractivity contribution >= 4 is 6.03 Å². The second kappa shape index (κ2) is 9.37. The first-order valence-corrected chi connectivity index (χ1v) is 7.31. The summed E-state index contributed by atoms with van der Waals surface area (Å²) in [4.78, 5) is 11.9. The summed E-state index contributed by atoms with van der Waals surface area (Å²) in [5.41, 5.74) is 0.997. The lowest BCUT2D eigenvalue weighted by Gasteiger charge is -2.19. The minimum atomic E-state index is -0.394. The predicted molar refractivity (Wildman–Crippen MR) is 83.1 cm³/mol. The van der Waals surface area contributed by atoms with Gasteiger partial charge in [0.05, 0.1) is 18.8 Å². The van der Waals surface area contributed by atoms with Crippen LogP contribution in [0.4, 0.5) is 4.79 Å². The summed E-state index contributed by atoms with van der Waals surface area (Å²) in [5, 5.41) is 15.3. The number of amides is 2. The molecule has 0 radical (unpaired) electrons. The van der Waals surface area contributed by atoms with Crippen molar-refractivity contribution < 1.29 is 14.6 Å². The number of carbonyl (C=O) groups excluding carboxylic acids is 1. The molecule has 0 fully saturated rings. The fraction of sp³-hybridized carbons (Fsp3) is 0.562. The standard InChI is InChI=1S/C16H26N2O3/c1-12(2)15(19)9-10-17-16(20)18-14(11-21-3)13-7-5-4-6-8-13/h4-8,12,14-15,19H,9-11H2,1-3H3,(H2,17,18,20). The van der Waals surface area contributed by atoms with Crippen LogP contribution in [0.2, 0.25) is 0 Å². The van der Waals surface area contributed by atoms with E-state index in [2.05, 4.69) is 10.6 Å². The van der Waals surface area contributed by atoms with Crippen LogP contribution in [0.15, 0.2) is 30.3 Å². The monoisotopic (exact) mass is 294 g/mol. The van der Waals surface area contributed by atoms with Gasteiger partial charge in [0, 0.05) is 13.7 Å². The highest BCUT2D eigenvalue weighted by Gasteiger charge is 2.14. The van der Waals surface area contributed by atoms with Gasteiger partial charge in [0.2, 0.25) is 0 Å². The Morgan fingerprint density at radius 2 is 1.95 bits per heavy atom. The minimum absolute atomic E-state index is 0.189.